The fraction of sp³-hybridized carbons (Fsp3) is 0.167. The van der Waals surface area contributed by atoms with Gasteiger partial charge in [0.2, 0.25) is 5.43 Å². The van der Waals surface area contributed by atoms with Crippen molar-refractivity contribution in [1.29, 1.82) is 0 Å². The second-order valence-electron chi connectivity index (χ2n) is 1.70. The lowest BCUT2D eigenvalue weighted by Gasteiger charge is -1.96. The Hall–Kier alpha value is -0.960. The van der Waals surface area contributed by atoms with Crippen molar-refractivity contribution in [2.45, 2.75) is 0 Å². The van der Waals surface area contributed by atoms with Gasteiger partial charge in [0, 0.05) is 12.4 Å². The van der Waals surface area contributed by atoms with Crippen LogP contribution in [0.2, 0.25) is 5.02 Å². The van der Waals surface area contributed by atoms with Crippen molar-refractivity contribution in [2.75, 3.05) is 7.11 Å². The van der Waals surface area contributed by atoms with Crippen LogP contribution in [0.5, 0.6) is 5.75 Å². The zero-order chi connectivity index (χ0) is 7.56. The highest BCUT2D eigenvalue weighted by molar-refractivity contribution is 6.30. The first-order chi connectivity index (χ1) is 4.75. The number of hydrogen-bond acceptors (Lipinski definition) is 2. The summed E-state index contributed by atoms with van der Waals surface area (Å²) in [5.74, 6) is 0.229. The fourth-order valence-electron chi connectivity index (χ4n) is 0.591. The molecule has 0 aliphatic heterocycles. The van der Waals surface area contributed by atoms with Crippen molar-refractivity contribution in [3.05, 3.63) is 27.6 Å². The highest BCUT2D eigenvalue weighted by Gasteiger charge is 2.00. The van der Waals surface area contributed by atoms with Gasteiger partial charge in [-0.15, -0.1) is 0 Å². The molecule has 54 valence electrons. The van der Waals surface area contributed by atoms with Crippen LogP contribution < -0.4 is 10.2 Å². The van der Waals surface area contributed by atoms with Gasteiger partial charge in [-0.3, -0.25) is 4.79 Å². The van der Waals surface area contributed by atoms with Gasteiger partial charge in [0.25, 0.3) is 0 Å². The molecule has 0 radical (unpaired) electrons. The number of aromatic nitrogens is 1. The number of pyridine rings is 1. The van der Waals surface area contributed by atoms with Gasteiger partial charge in [0.1, 0.15) is 5.02 Å². The summed E-state index contributed by atoms with van der Waals surface area (Å²) in [7, 11) is 1.42. The van der Waals surface area contributed by atoms with Gasteiger partial charge in [-0.05, 0) is 0 Å². The Morgan fingerprint density at radius 1 is 1.60 bits per heavy atom. The molecule has 0 saturated heterocycles. The standard InChI is InChI=1S/C6H6ClNO2/c1-10-5-3-8-2-4(7)6(5)9/h2-3H,1H3,(H,8,9). The van der Waals surface area contributed by atoms with E-state index in [1.807, 2.05) is 0 Å². The minimum Gasteiger partial charge on any atom is -0.491 e. The molecule has 0 amide bonds. The van der Waals surface area contributed by atoms with Crippen molar-refractivity contribution in [3.8, 4) is 5.75 Å². The van der Waals surface area contributed by atoms with E-state index < -0.39 is 0 Å². The number of ether oxygens (including phenoxy) is 1. The Labute approximate surface area is 62.6 Å². The van der Waals surface area contributed by atoms with E-state index in [4.69, 9.17) is 16.3 Å². The Balaban J connectivity index is 3.28. The molecule has 0 unspecified atom stereocenters. The van der Waals surface area contributed by atoms with Crippen molar-refractivity contribution in [3.63, 3.8) is 0 Å². The van der Waals surface area contributed by atoms with E-state index in [1.165, 1.54) is 19.5 Å². The minimum atomic E-state index is -0.289. The highest BCUT2D eigenvalue weighted by atomic mass is 35.5. The molecule has 1 N–H and O–H groups in total. The zero-order valence-corrected chi connectivity index (χ0v) is 6.11. The van der Waals surface area contributed by atoms with E-state index in [9.17, 15) is 4.79 Å². The van der Waals surface area contributed by atoms with Gasteiger partial charge in [-0.2, -0.15) is 0 Å². The van der Waals surface area contributed by atoms with Gasteiger partial charge in [0.15, 0.2) is 5.75 Å². The highest BCUT2D eigenvalue weighted by Crippen LogP contribution is 2.04. The number of nitrogens with one attached hydrogen (secondary N) is 1. The zero-order valence-electron chi connectivity index (χ0n) is 5.35. The van der Waals surface area contributed by atoms with Gasteiger partial charge in [-0.1, -0.05) is 11.6 Å². The molecule has 1 rings (SSSR count). The molecule has 1 aromatic heterocycles. The van der Waals surface area contributed by atoms with Gasteiger partial charge in [-0.25, -0.2) is 0 Å². The van der Waals surface area contributed by atoms with Crippen molar-refractivity contribution in [1.82, 2.24) is 4.98 Å². The average molecular weight is 160 g/mol. The van der Waals surface area contributed by atoms with Crippen LogP contribution in [0.25, 0.3) is 0 Å². The average Bonchev–Trinajstić information content (AvgIpc) is 1.95. The Morgan fingerprint density at radius 2 is 2.30 bits per heavy atom. The summed E-state index contributed by atoms with van der Waals surface area (Å²) in [5, 5.41) is 0.138. The minimum absolute atomic E-state index is 0.138. The maximum atomic E-state index is 10.9. The van der Waals surface area contributed by atoms with Crippen LogP contribution in [-0.4, -0.2) is 12.1 Å². The SMILES string of the molecule is COc1c[nH]cc(Cl)c1=O. The van der Waals surface area contributed by atoms with Gasteiger partial charge < -0.3 is 9.72 Å². The first kappa shape index (κ1) is 7.15. The normalized spacial score (nSPS) is 9.40. The molecule has 0 aromatic carbocycles. The molecule has 4 heteroatoms. The first-order valence-corrected chi connectivity index (χ1v) is 3.04. The number of aromatic amines is 1. The number of halogens is 1. The van der Waals surface area contributed by atoms with E-state index in [-0.39, 0.29) is 16.2 Å². The summed E-state index contributed by atoms with van der Waals surface area (Å²) in [6.45, 7) is 0. The third-order valence-electron chi connectivity index (χ3n) is 1.09. The smallest absolute Gasteiger partial charge is 0.241 e. The monoisotopic (exact) mass is 159 g/mol. The summed E-state index contributed by atoms with van der Waals surface area (Å²) in [6.07, 6.45) is 2.86. The number of methoxy groups -OCH3 is 1. The van der Waals surface area contributed by atoms with Crippen LogP contribution in [0.15, 0.2) is 17.2 Å². The lowest BCUT2D eigenvalue weighted by atomic mass is 10.4. The first-order valence-electron chi connectivity index (χ1n) is 2.66. The summed E-state index contributed by atoms with van der Waals surface area (Å²) < 4.78 is 4.70. The predicted molar refractivity (Wildman–Crippen MR) is 38.6 cm³/mol. The van der Waals surface area contributed by atoms with Crippen molar-refractivity contribution >= 4 is 11.6 Å². The van der Waals surface area contributed by atoms with E-state index in [0.717, 1.165) is 0 Å². The molecule has 10 heavy (non-hydrogen) atoms. The number of rotatable bonds is 1. The van der Waals surface area contributed by atoms with Crippen LogP contribution in [0.1, 0.15) is 0 Å². The molecule has 3 nitrogen and oxygen atoms in total. The second kappa shape index (κ2) is 2.75. The predicted octanol–water partition coefficient (Wildman–Crippen LogP) is 1.04. The molecular formula is C6H6ClNO2. The lowest BCUT2D eigenvalue weighted by molar-refractivity contribution is 0.409. The van der Waals surface area contributed by atoms with Crippen LogP contribution in [0, 0.1) is 0 Å². The molecule has 0 spiro atoms. The van der Waals surface area contributed by atoms with E-state index in [2.05, 4.69) is 4.98 Å². The number of H-pyrrole nitrogens is 1. The molecule has 0 fully saturated rings. The van der Waals surface area contributed by atoms with Gasteiger partial charge >= 0.3 is 0 Å². The third-order valence-corrected chi connectivity index (χ3v) is 1.37. The molecule has 0 bridgehead atoms. The maximum absolute atomic E-state index is 10.9. The summed E-state index contributed by atoms with van der Waals surface area (Å²) in [4.78, 5) is 13.6. The lowest BCUT2D eigenvalue weighted by Crippen LogP contribution is -2.05. The second-order valence-corrected chi connectivity index (χ2v) is 2.11. The molecule has 0 saturated carbocycles. The summed E-state index contributed by atoms with van der Waals surface area (Å²) in [6, 6.07) is 0. The molecule has 1 heterocycles. The van der Waals surface area contributed by atoms with Crippen molar-refractivity contribution in [2.24, 2.45) is 0 Å². The Kier molecular flexibility index (Phi) is 1.97. The Morgan fingerprint density at radius 3 is 2.80 bits per heavy atom. The van der Waals surface area contributed by atoms with Crippen molar-refractivity contribution < 1.29 is 4.74 Å². The van der Waals surface area contributed by atoms with Crippen LogP contribution in [0.4, 0.5) is 0 Å². The molecule has 1 aromatic rings. The quantitative estimate of drug-likeness (QED) is 0.665. The molecule has 0 aliphatic carbocycles. The van der Waals surface area contributed by atoms with Gasteiger partial charge in [0.05, 0.1) is 7.11 Å². The molecule has 0 aliphatic rings. The number of hydrogen-bond donors (Lipinski definition) is 1. The summed E-state index contributed by atoms with van der Waals surface area (Å²) in [5.41, 5.74) is -0.289. The Bertz CT molecular complexity index is 281. The summed E-state index contributed by atoms with van der Waals surface area (Å²) >= 11 is 5.47. The molecule has 0 atom stereocenters. The molecular weight excluding hydrogens is 154 g/mol. The van der Waals surface area contributed by atoms with E-state index in [0.29, 0.717) is 0 Å². The topological polar surface area (TPSA) is 42.1 Å². The largest absolute Gasteiger partial charge is 0.491 e. The van der Waals surface area contributed by atoms with Crippen LogP contribution in [-0.2, 0) is 0 Å². The van der Waals surface area contributed by atoms with Crippen LogP contribution >= 0.6 is 11.6 Å². The fourth-order valence-corrected chi connectivity index (χ4v) is 0.747. The van der Waals surface area contributed by atoms with Crippen LogP contribution in [0.3, 0.4) is 0 Å². The van der Waals surface area contributed by atoms with E-state index >= 15 is 0 Å². The third kappa shape index (κ3) is 1.14. The maximum Gasteiger partial charge on any atom is 0.241 e. The van der Waals surface area contributed by atoms with E-state index in [1.54, 1.807) is 0 Å².